The number of hydrogen-bond acceptors (Lipinski definition) is 6. The van der Waals surface area contributed by atoms with Crippen LogP contribution in [-0.2, 0) is 6.42 Å². The number of hydrogen-bond donors (Lipinski definition) is 3. The van der Waals surface area contributed by atoms with E-state index in [9.17, 15) is 20.1 Å². The van der Waals surface area contributed by atoms with Crippen LogP contribution in [0.5, 0.6) is 23.0 Å². The fraction of sp³-hybridized carbons (Fsp3) is 0.286. The lowest BCUT2D eigenvalue weighted by Crippen LogP contribution is -2.39. The van der Waals surface area contributed by atoms with Crippen molar-refractivity contribution in [3.63, 3.8) is 0 Å². The van der Waals surface area contributed by atoms with Gasteiger partial charge in [-0.3, -0.25) is 4.79 Å². The normalized spacial score (nSPS) is 16.2. The molecule has 142 valence electrons. The molecule has 0 bridgehead atoms. The summed E-state index contributed by atoms with van der Waals surface area (Å²) in [6, 6.07) is 7.93. The number of fused-ring (bicyclic) bond motifs is 1. The molecule has 3 rings (SSSR count). The first-order valence-electron chi connectivity index (χ1n) is 8.54. The number of aromatic hydroxyl groups is 2. The van der Waals surface area contributed by atoms with Crippen molar-refractivity contribution >= 4 is 11.9 Å². The number of ketones is 1. The molecule has 0 saturated heterocycles. The smallest absolute Gasteiger partial charge is 0.193 e. The fourth-order valence-electron chi connectivity index (χ4n) is 2.98. The minimum absolute atomic E-state index is 0.0475. The number of phenols is 2. The lowest BCUT2D eigenvalue weighted by Gasteiger charge is -2.24. The maximum Gasteiger partial charge on any atom is 0.193 e. The Labute approximate surface area is 157 Å². The van der Waals surface area contributed by atoms with Crippen LogP contribution in [0.15, 0.2) is 36.4 Å². The minimum atomic E-state index is -1.10. The van der Waals surface area contributed by atoms with Gasteiger partial charge in [0.25, 0.3) is 0 Å². The van der Waals surface area contributed by atoms with Crippen molar-refractivity contribution in [2.45, 2.75) is 32.0 Å². The molecule has 0 radical (unpaired) electrons. The van der Waals surface area contributed by atoms with Crippen LogP contribution in [0.2, 0.25) is 0 Å². The number of carbonyl (C=O) groups excluding carboxylic acids is 1. The topological polar surface area (TPSA) is 96.2 Å². The van der Waals surface area contributed by atoms with Crippen LogP contribution >= 0.6 is 0 Å². The molecule has 1 aliphatic heterocycles. The van der Waals surface area contributed by atoms with E-state index in [1.54, 1.807) is 38.1 Å². The van der Waals surface area contributed by atoms with E-state index in [0.717, 1.165) is 5.56 Å². The monoisotopic (exact) mass is 370 g/mol. The Morgan fingerprint density at radius 1 is 1.26 bits per heavy atom. The summed E-state index contributed by atoms with van der Waals surface area (Å²) >= 11 is 0. The number of carbonyl (C=O) groups is 1. The average molecular weight is 370 g/mol. The number of allylic oxidation sites excluding steroid dienone is 1. The van der Waals surface area contributed by atoms with E-state index in [0.29, 0.717) is 11.3 Å². The second-order valence-electron chi connectivity index (χ2n) is 7.03. The Hall–Kier alpha value is -2.99. The quantitative estimate of drug-likeness (QED) is 0.553. The molecular weight excluding hydrogens is 348 g/mol. The van der Waals surface area contributed by atoms with E-state index in [4.69, 9.17) is 9.47 Å². The first kappa shape index (κ1) is 18.8. The van der Waals surface area contributed by atoms with Gasteiger partial charge in [-0.2, -0.15) is 0 Å². The molecule has 0 aromatic heterocycles. The summed E-state index contributed by atoms with van der Waals surface area (Å²) < 4.78 is 11.0. The van der Waals surface area contributed by atoms with Crippen LogP contribution in [0.25, 0.3) is 6.08 Å². The summed E-state index contributed by atoms with van der Waals surface area (Å²) in [6.45, 7) is 3.26. The maximum absolute atomic E-state index is 12.7. The molecule has 1 unspecified atom stereocenters. The number of aliphatic hydroxyl groups is 1. The second-order valence-corrected chi connectivity index (χ2v) is 7.03. The van der Waals surface area contributed by atoms with E-state index in [1.165, 1.54) is 25.3 Å². The molecule has 1 aliphatic rings. The molecule has 27 heavy (non-hydrogen) atoms. The lowest BCUT2D eigenvalue weighted by atomic mass is 9.95. The van der Waals surface area contributed by atoms with Gasteiger partial charge in [0.05, 0.1) is 12.7 Å². The molecule has 6 nitrogen and oxygen atoms in total. The molecule has 6 heteroatoms. The van der Waals surface area contributed by atoms with Crippen LogP contribution in [0.3, 0.4) is 0 Å². The van der Waals surface area contributed by atoms with Crippen molar-refractivity contribution in [3.8, 4) is 23.0 Å². The van der Waals surface area contributed by atoms with Crippen LogP contribution in [-0.4, -0.2) is 39.9 Å². The van der Waals surface area contributed by atoms with Gasteiger partial charge in [-0.25, -0.2) is 0 Å². The molecule has 1 atom stereocenters. The summed E-state index contributed by atoms with van der Waals surface area (Å²) in [7, 11) is 1.41. The predicted octanol–water partition coefficient (Wildman–Crippen LogP) is 3.08. The number of rotatable bonds is 5. The third-order valence-corrected chi connectivity index (χ3v) is 4.56. The summed E-state index contributed by atoms with van der Waals surface area (Å²) in [5.74, 6) is 0.111. The third-order valence-electron chi connectivity index (χ3n) is 4.56. The SMILES string of the molecule is COc1cc2c(c(O)c1C(=O)C=Cc1ccc(O)cc1)CC(C(C)(C)O)O2. The number of phenolic OH excluding ortho intramolecular Hbond substituents is 2. The van der Waals surface area contributed by atoms with E-state index in [-0.39, 0.29) is 29.2 Å². The van der Waals surface area contributed by atoms with Crippen molar-refractivity contribution in [1.82, 2.24) is 0 Å². The molecule has 2 aromatic carbocycles. The minimum Gasteiger partial charge on any atom is -0.508 e. The highest BCUT2D eigenvalue weighted by molar-refractivity contribution is 6.11. The van der Waals surface area contributed by atoms with Gasteiger partial charge < -0.3 is 24.8 Å². The number of ether oxygens (including phenoxy) is 2. The van der Waals surface area contributed by atoms with E-state index < -0.39 is 17.5 Å². The van der Waals surface area contributed by atoms with Crippen LogP contribution in [0.4, 0.5) is 0 Å². The van der Waals surface area contributed by atoms with Crippen LogP contribution < -0.4 is 9.47 Å². The highest BCUT2D eigenvalue weighted by atomic mass is 16.5. The van der Waals surface area contributed by atoms with Crippen molar-refractivity contribution in [2.75, 3.05) is 7.11 Å². The molecule has 0 spiro atoms. The number of methoxy groups -OCH3 is 1. The zero-order chi connectivity index (χ0) is 19.8. The largest absolute Gasteiger partial charge is 0.508 e. The van der Waals surface area contributed by atoms with Crippen molar-refractivity contribution < 1.29 is 29.6 Å². The standard InChI is InChI=1S/C21H22O6/c1-21(2,25)18-10-14-16(27-18)11-17(26-3)19(20(14)24)15(23)9-6-12-4-7-13(22)8-5-12/h4-9,11,18,22,24-25H,10H2,1-3H3. The third kappa shape index (κ3) is 3.75. The molecular formula is C21H22O6. The van der Waals surface area contributed by atoms with Crippen molar-refractivity contribution in [1.29, 1.82) is 0 Å². The van der Waals surface area contributed by atoms with Gasteiger partial charge in [0, 0.05) is 18.1 Å². The summed E-state index contributed by atoms with van der Waals surface area (Å²) in [6.07, 6.45) is 2.68. The molecule has 0 fully saturated rings. The van der Waals surface area contributed by atoms with Gasteiger partial charge in [-0.15, -0.1) is 0 Å². The maximum atomic E-state index is 12.7. The van der Waals surface area contributed by atoms with E-state index >= 15 is 0 Å². The summed E-state index contributed by atoms with van der Waals surface area (Å²) in [5.41, 5.74) is 0.156. The zero-order valence-electron chi connectivity index (χ0n) is 15.4. The molecule has 0 saturated carbocycles. The molecule has 1 heterocycles. The van der Waals surface area contributed by atoms with E-state index in [1.807, 2.05) is 0 Å². The van der Waals surface area contributed by atoms with Crippen molar-refractivity contribution in [2.24, 2.45) is 0 Å². The Morgan fingerprint density at radius 3 is 2.52 bits per heavy atom. The lowest BCUT2D eigenvalue weighted by molar-refractivity contribution is -0.0230. The van der Waals surface area contributed by atoms with Gasteiger partial charge in [0.2, 0.25) is 0 Å². The average Bonchev–Trinajstić information content (AvgIpc) is 3.05. The van der Waals surface area contributed by atoms with Gasteiger partial charge in [0.1, 0.15) is 34.7 Å². The Kier molecular flexibility index (Phi) is 4.85. The highest BCUT2D eigenvalue weighted by Gasteiger charge is 2.38. The zero-order valence-corrected chi connectivity index (χ0v) is 15.4. The first-order valence-corrected chi connectivity index (χ1v) is 8.54. The Morgan fingerprint density at radius 2 is 1.93 bits per heavy atom. The highest BCUT2D eigenvalue weighted by Crippen LogP contribution is 2.45. The Balaban J connectivity index is 1.94. The Bertz CT molecular complexity index is 890. The van der Waals surface area contributed by atoms with Gasteiger partial charge in [-0.05, 0) is 37.6 Å². The fourth-order valence-corrected chi connectivity index (χ4v) is 2.98. The van der Waals surface area contributed by atoms with Gasteiger partial charge in [-0.1, -0.05) is 18.2 Å². The predicted molar refractivity (Wildman–Crippen MR) is 101 cm³/mol. The van der Waals surface area contributed by atoms with Gasteiger partial charge >= 0.3 is 0 Å². The summed E-state index contributed by atoms with van der Waals surface area (Å²) in [4.78, 5) is 12.7. The second kappa shape index (κ2) is 6.96. The van der Waals surface area contributed by atoms with Gasteiger partial charge in [0.15, 0.2) is 5.78 Å². The molecule has 3 N–H and O–H groups in total. The van der Waals surface area contributed by atoms with Crippen molar-refractivity contribution in [3.05, 3.63) is 53.1 Å². The number of benzene rings is 2. The van der Waals surface area contributed by atoms with Crippen LogP contribution in [0.1, 0.15) is 35.3 Å². The van der Waals surface area contributed by atoms with Crippen LogP contribution in [0, 0.1) is 0 Å². The molecule has 2 aromatic rings. The first-order chi connectivity index (χ1) is 12.7. The molecule has 0 amide bonds. The summed E-state index contributed by atoms with van der Waals surface area (Å²) in [5, 5.41) is 30.2. The van der Waals surface area contributed by atoms with E-state index in [2.05, 4.69) is 0 Å². The molecule has 0 aliphatic carbocycles.